The van der Waals surface area contributed by atoms with Gasteiger partial charge in [-0.05, 0) is 24.7 Å². The van der Waals surface area contributed by atoms with E-state index in [0.717, 1.165) is 5.56 Å². The van der Waals surface area contributed by atoms with Crippen LogP contribution in [-0.2, 0) is 0 Å². The molecule has 0 unspecified atom stereocenters. The first kappa shape index (κ1) is 9.72. The van der Waals surface area contributed by atoms with Crippen LogP contribution in [0, 0.1) is 11.3 Å². The maximum atomic E-state index is 9.54. The number of likely N-dealkylation sites (N-methyl/N-ethyl adjacent to an activating group) is 1. The van der Waals surface area contributed by atoms with Crippen LogP contribution < -0.4 is 5.32 Å². The van der Waals surface area contributed by atoms with Crippen LogP contribution in [0.3, 0.4) is 0 Å². The molecule has 1 aromatic rings. The maximum Gasteiger partial charge on any atom is 0.0991 e. The second-order valence-corrected chi connectivity index (χ2v) is 2.81. The smallest absolute Gasteiger partial charge is 0.0991 e. The van der Waals surface area contributed by atoms with E-state index < -0.39 is 6.10 Å². The molecule has 2 N–H and O–H groups in total. The molecule has 0 aliphatic rings. The summed E-state index contributed by atoms with van der Waals surface area (Å²) in [6.45, 7) is 0.520. The highest BCUT2D eigenvalue weighted by Gasteiger charge is 2.04. The van der Waals surface area contributed by atoms with E-state index in [9.17, 15) is 5.11 Å². The molecule has 3 heteroatoms. The molecule has 0 aromatic heterocycles. The van der Waals surface area contributed by atoms with E-state index in [4.69, 9.17) is 5.26 Å². The van der Waals surface area contributed by atoms with E-state index in [1.807, 2.05) is 6.07 Å². The lowest BCUT2D eigenvalue weighted by Gasteiger charge is -2.09. The summed E-state index contributed by atoms with van der Waals surface area (Å²) in [4.78, 5) is 0. The Balaban J connectivity index is 2.75. The zero-order chi connectivity index (χ0) is 9.68. The number of hydrogen-bond acceptors (Lipinski definition) is 3. The lowest BCUT2D eigenvalue weighted by molar-refractivity contribution is 0.178. The van der Waals surface area contributed by atoms with Crippen LogP contribution in [0.5, 0.6) is 0 Å². The molecule has 0 spiro atoms. The van der Waals surface area contributed by atoms with Crippen molar-refractivity contribution in [1.29, 1.82) is 5.26 Å². The van der Waals surface area contributed by atoms with Gasteiger partial charge in [0.05, 0.1) is 17.7 Å². The van der Waals surface area contributed by atoms with Crippen molar-refractivity contribution in [3.05, 3.63) is 35.4 Å². The summed E-state index contributed by atoms with van der Waals surface area (Å²) in [6.07, 6.45) is -0.502. The number of nitrogens with zero attached hydrogens (tertiary/aromatic N) is 1. The summed E-state index contributed by atoms with van der Waals surface area (Å²) in [5, 5.41) is 21.0. The quantitative estimate of drug-likeness (QED) is 0.716. The maximum absolute atomic E-state index is 9.54. The van der Waals surface area contributed by atoms with Crippen LogP contribution in [0.25, 0.3) is 0 Å². The standard InChI is InChI=1S/C10H12N2O/c1-12-7-10(13)9-4-2-8(6-11)3-5-9/h2-5,10,12-13H,7H2,1H3/t10-/m1/s1. The Kier molecular flexibility index (Phi) is 3.44. The minimum atomic E-state index is -0.502. The third kappa shape index (κ3) is 2.55. The fourth-order valence-electron chi connectivity index (χ4n) is 1.09. The molecule has 3 nitrogen and oxygen atoms in total. The minimum absolute atomic E-state index is 0.502. The summed E-state index contributed by atoms with van der Waals surface area (Å²) >= 11 is 0. The molecule has 0 fully saturated rings. The van der Waals surface area contributed by atoms with Gasteiger partial charge in [0.25, 0.3) is 0 Å². The fraction of sp³-hybridized carbons (Fsp3) is 0.300. The molecule has 0 aliphatic carbocycles. The first-order valence-corrected chi connectivity index (χ1v) is 4.10. The molecule has 1 aromatic carbocycles. The zero-order valence-corrected chi connectivity index (χ0v) is 7.49. The average Bonchev–Trinajstić information content (AvgIpc) is 2.18. The van der Waals surface area contributed by atoms with Crippen LogP contribution >= 0.6 is 0 Å². The van der Waals surface area contributed by atoms with Gasteiger partial charge in [-0.3, -0.25) is 0 Å². The van der Waals surface area contributed by atoms with Crippen LogP contribution in [0.2, 0.25) is 0 Å². The van der Waals surface area contributed by atoms with Crippen molar-refractivity contribution in [1.82, 2.24) is 5.32 Å². The van der Waals surface area contributed by atoms with Gasteiger partial charge in [0.2, 0.25) is 0 Å². The Morgan fingerprint density at radius 1 is 1.46 bits per heavy atom. The topological polar surface area (TPSA) is 56.0 Å². The van der Waals surface area contributed by atoms with Crippen LogP contribution in [0.1, 0.15) is 17.2 Å². The van der Waals surface area contributed by atoms with Gasteiger partial charge in [-0.1, -0.05) is 12.1 Å². The number of nitriles is 1. The molecule has 68 valence electrons. The second kappa shape index (κ2) is 4.61. The molecule has 0 saturated carbocycles. The summed E-state index contributed by atoms with van der Waals surface area (Å²) < 4.78 is 0. The Morgan fingerprint density at radius 3 is 2.54 bits per heavy atom. The van der Waals surface area contributed by atoms with Crippen molar-refractivity contribution < 1.29 is 5.11 Å². The Labute approximate surface area is 77.6 Å². The fourth-order valence-corrected chi connectivity index (χ4v) is 1.09. The third-order valence-electron chi connectivity index (χ3n) is 1.82. The van der Waals surface area contributed by atoms with Gasteiger partial charge in [0.1, 0.15) is 0 Å². The van der Waals surface area contributed by atoms with Crippen LogP contribution in [0.4, 0.5) is 0 Å². The van der Waals surface area contributed by atoms with E-state index in [2.05, 4.69) is 5.32 Å². The van der Waals surface area contributed by atoms with Crippen molar-refractivity contribution in [3.8, 4) is 6.07 Å². The monoisotopic (exact) mass is 176 g/mol. The molecule has 0 saturated heterocycles. The second-order valence-electron chi connectivity index (χ2n) is 2.81. The van der Waals surface area contributed by atoms with Crippen molar-refractivity contribution in [3.63, 3.8) is 0 Å². The van der Waals surface area contributed by atoms with Gasteiger partial charge in [-0.2, -0.15) is 5.26 Å². The molecule has 0 aliphatic heterocycles. The number of aliphatic hydroxyl groups is 1. The highest BCUT2D eigenvalue weighted by atomic mass is 16.3. The summed E-state index contributed by atoms with van der Waals surface area (Å²) in [7, 11) is 1.78. The van der Waals surface area contributed by atoms with E-state index in [0.29, 0.717) is 12.1 Å². The summed E-state index contributed by atoms with van der Waals surface area (Å²) in [6, 6.07) is 8.96. The minimum Gasteiger partial charge on any atom is -0.387 e. The first-order chi connectivity index (χ1) is 6.27. The highest BCUT2D eigenvalue weighted by Crippen LogP contribution is 2.12. The van der Waals surface area contributed by atoms with Crippen LogP contribution in [-0.4, -0.2) is 18.7 Å². The Hall–Kier alpha value is -1.37. The van der Waals surface area contributed by atoms with Crippen LogP contribution in [0.15, 0.2) is 24.3 Å². The molecule has 13 heavy (non-hydrogen) atoms. The number of aliphatic hydroxyl groups excluding tert-OH is 1. The summed E-state index contributed by atoms with van der Waals surface area (Å²) in [5.41, 5.74) is 1.44. The molecular weight excluding hydrogens is 164 g/mol. The molecular formula is C10H12N2O. The SMILES string of the molecule is CNC[C@@H](O)c1ccc(C#N)cc1. The van der Waals surface area contributed by atoms with Gasteiger partial charge in [-0.15, -0.1) is 0 Å². The molecule has 0 heterocycles. The van der Waals surface area contributed by atoms with E-state index in [-0.39, 0.29) is 0 Å². The summed E-state index contributed by atoms with van der Waals surface area (Å²) in [5.74, 6) is 0. The Bertz CT molecular complexity index is 300. The number of benzene rings is 1. The Morgan fingerprint density at radius 2 is 2.08 bits per heavy atom. The van der Waals surface area contributed by atoms with E-state index in [1.54, 1.807) is 31.3 Å². The van der Waals surface area contributed by atoms with Crippen molar-refractivity contribution in [2.45, 2.75) is 6.10 Å². The largest absolute Gasteiger partial charge is 0.387 e. The van der Waals surface area contributed by atoms with Gasteiger partial charge in [0.15, 0.2) is 0 Å². The normalized spacial score (nSPS) is 12.1. The lowest BCUT2D eigenvalue weighted by Crippen LogP contribution is -2.16. The van der Waals surface area contributed by atoms with E-state index >= 15 is 0 Å². The lowest BCUT2D eigenvalue weighted by atomic mass is 10.1. The predicted molar refractivity (Wildman–Crippen MR) is 50.0 cm³/mol. The molecule has 0 radical (unpaired) electrons. The first-order valence-electron chi connectivity index (χ1n) is 4.10. The van der Waals surface area contributed by atoms with E-state index in [1.165, 1.54) is 0 Å². The molecule has 1 rings (SSSR count). The third-order valence-corrected chi connectivity index (χ3v) is 1.82. The average molecular weight is 176 g/mol. The zero-order valence-electron chi connectivity index (χ0n) is 7.49. The number of hydrogen-bond donors (Lipinski definition) is 2. The number of rotatable bonds is 3. The highest BCUT2D eigenvalue weighted by molar-refractivity contribution is 5.32. The molecule has 0 bridgehead atoms. The van der Waals surface area contributed by atoms with Crippen molar-refractivity contribution in [2.75, 3.05) is 13.6 Å². The van der Waals surface area contributed by atoms with Crippen molar-refractivity contribution in [2.24, 2.45) is 0 Å². The van der Waals surface area contributed by atoms with Gasteiger partial charge in [-0.25, -0.2) is 0 Å². The van der Waals surface area contributed by atoms with Gasteiger partial charge >= 0.3 is 0 Å². The van der Waals surface area contributed by atoms with Gasteiger partial charge in [0, 0.05) is 6.54 Å². The van der Waals surface area contributed by atoms with Crippen molar-refractivity contribution >= 4 is 0 Å². The molecule has 1 atom stereocenters. The number of nitrogens with one attached hydrogen (secondary N) is 1. The predicted octanol–water partition coefficient (Wildman–Crippen LogP) is 0.811. The molecule has 0 amide bonds. The van der Waals surface area contributed by atoms with Gasteiger partial charge < -0.3 is 10.4 Å².